The molecule has 0 spiro atoms. The largest absolute Gasteiger partial charge is 0.488 e. The molecule has 4 nitrogen and oxygen atoms in total. The first-order valence-corrected chi connectivity index (χ1v) is 8.63. The van der Waals surface area contributed by atoms with Crippen molar-refractivity contribution in [1.29, 1.82) is 0 Å². The lowest BCUT2D eigenvalue weighted by molar-refractivity contribution is 0.231. The molecular formula is C15H24FNO3S. The first kappa shape index (κ1) is 17.8. The Morgan fingerprint density at radius 2 is 1.76 bits per heavy atom. The van der Waals surface area contributed by atoms with E-state index in [-0.39, 0.29) is 11.9 Å². The van der Waals surface area contributed by atoms with Crippen LogP contribution in [0.5, 0.6) is 5.75 Å². The molecule has 120 valence electrons. The number of hydrogen-bond donors (Lipinski definition) is 0. The summed E-state index contributed by atoms with van der Waals surface area (Å²) in [5.74, 6) is -0.428. The van der Waals surface area contributed by atoms with Gasteiger partial charge in [0.2, 0.25) is 10.0 Å². The molecule has 1 rings (SSSR count). The quantitative estimate of drug-likeness (QED) is 0.856. The van der Waals surface area contributed by atoms with Gasteiger partial charge in [-0.25, -0.2) is 12.8 Å². The minimum absolute atomic E-state index is 0.0588. The van der Waals surface area contributed by atoms with Crippen LogP contribution < -0.4 is 9.04 Å². The summed E-state index contributed by atoms with van der Waals surface area (Å²) in [5.41, 5.74) is 0.650. The topological polar surface area (TPSA) is 46.6 Å². The van der Waals surface area contributed by atoms with E-state index in [0.717, 1.165) is 10.6 Å². The van der Waals surface area contributed by atoms with Gasteiger partial charge < -0.3 is 4.74 Å². The van der Waals surface area contributed by atoms with Crippen molar-refractivity contribution >= 4 is 15.7 Å². The molecule has 1 aromatic carbocycles. The van der Waals surface area contributed by atoms with Crippen LogP contribution in [0.15, 0.2) is 12.1 Å². The van der Waals surface area contributed by atoms with E-state index in [2.05, 4.69) is 0 Å². The van der Waals surface area contributed by atoms with Crippen LogP contribution >= 0.6 is 0 Å². The molecule has 0 unspecified atom stereocenters. The fourth-order valence-electron chi connectivity index (χ4n) is 1.93. The highest BCUT2D eigenvalue weighted by Crippen LogP contribution is 2.37. The maximum atomic E-state index is 14.2. The Labute approximate surface area is 127 Å². The summed E-state index contributed by atoms with van der Waals surface area (Å²) < 4.78 is 44.4. The summed E-state index contributed by atoms with van der Waals surface area (Å²) in [6, 6.07) is 2.81. The molecule has 0 atom stereocenters. The summed E-state index contributed by atoms with van der Waals surface area (Å²) in [6.07, 6.45) is 0.919. The van der Waals surface area contributed by atoms with Crippen LogP contribution in [0.1, 0.15) is 40.2 Å². The Morgan fingerprint density at radius 3 is 2.14 bits per heavy atom. The van der Waals surface area contributed by atoms with Crippen LogP contribution in [0.4, 0.5) is 10.1 Å². The summed E-state index contributed by atoms with van der Waals surface area (Å²) >= 11 is 0. The average Bonchev–Trinajstić information content (AvgIpc) is 2.27. The number of halogens is 1. The number of hydrogen-bond acceptors (Lipinski definition) is 3. The van der Waals surface area contributed by atoms with Gasteiger partial charge in [0.1, 0.15) is 0 Å². The van der Waals surface area contributed by atoms with Crippen molar-refractivity contribution in [2.45, 2.75) is 46.1 Å². The van der Waals surface area contributed by atoms with Crippen molar-refractivity contribution in [3.05, 3.63) is 23.5 Å². The van der Waals surface area contributed by atoms with Gasteiger partial charge in [-0.1, -0.05) is 20.8 Å². The minimum atomic E-state index is -3.44. The van der Waals surface area contributed by atoms with E-state index in [4.69, 9.17) is 4.74 Å². The molecule has 0 N–H and O–H groups in total. The van der Waals surface area contributed by atoms with Gasteiger partial charge in [0, 0.05) is 13.1 Å². The van der Waals surface area contributed by atoms with Gasteiger partial charge in [-0.05, 0) is 30.9 Å². The fraction of sp³-hybridized carbons (Fsp3) is 0.600. The lowest BCUT2D eigenvalue weighted by Crippen LogP contribution is -2.28. The molecular weight excluding hydrogens is 293 g/mol. The van der Waals surface area contributed by atoms with Crippen molar-refractivity contribution in [2.24, 2.45) is 0 Å². The van der Waals surface area contributed by atoms with Gasteiger partial charge in [-0.2, -0.15) is 0 Å². The predicted molar refractivity (Wildman–Crippen MR) is 84.1 cm³/mol. The van der Waals surface area contributed by atoms with E-state index < -0.39 is 21.3 Å². The van der Waals surface area contributed by atoms with Crippen LogP contribution in [0.25, 0.3) is 0 Å². The molecule has 21 heavy (non-hydrogen) atoms. The summed E-state index contributed by atoms with van der Waals surface area (Å²) in [5, 5.41) is 0. The Balaban J connectivity index is 3.56. The smallest absolute Gasteiger partial charge is 0.232 e. The van der Waals surface area contributed by atoms with E-state index in [1.807, 2.05) is 20.8 Å². The van der Waals surface area contributed by atoms with Crippen LogP contribution in [-0.4, -0.2) is 27.8 Å². The second-order valence-corrected chi connectivity index (χ2v) is 8.46. The zero-order chi connectivity index (χ0) is 16.6. The van der Waals surface area contributed by atoms with Gasteiger partial charge >= 0.3 is 0 Å². The number of benzene rings is 1. The SMILES string of the molecule is CC(C)Oc1cc(N(C)S(C)(=O)=O)c(C(C)(C)C)cc1F. The highest BCUT2D eigenvalue weighted by molar-refractivity contribution is 7.92. The lowest BCUT2D eigenvalue weighted by Gasteiger charge is -2.28. The summed E-state index contributed by atoms with van der Waals surface area (Å²) in [6.45, 7) is 9.30. The maximum Gasteiger partial charge on any atom is 0.232 e. The molecule has 0 amide bonds. The monoisotopic (exact) mass is 317 g/mol. The Morgan fingerprint density at radius 1 is 1.24 bits per heavy atom. The third-order valence-corrected chi connectivity index (χ3v) is 4.25. The molecule has 1 aromatic rings. The van der Waals surface area contributed by atoms with Crippen LogP contribution in [-0.2, 0) is 15.4 Å². The fourth-order valence-corrected chi connectivity index (χ4v) is 2.44. The Kier molecular flexibility index (Phi) is 4.93. The van der Waals surface area contributed by atoms with Gasteiger partial charge in [0.15, 0.2) is 11.6 Å². The maximum absolute atomic E-state index is 14.2. The minimum Gasteiger partial charge on any atom is -0.488 e. The van der Waals surface area contributed by atoms with Crippen molar-refractivity contribution in [3.63, 3.8) is 0 Å². The van der Waals surface area contributed by atoms with Gasteiger partial charge in [-0.3, -0.25) is 4.31 Å². The summed E-state index contributed by atoms with van der Waals surface area (Å²) in [4.78, 5) is 0. The molecule has 0 aliphatic carbocycles. The second-order valence-electron chi connectivity index (χ2n) is 6.45. The number of rotatable bonds is 4. The van der Waals surface area contributed by atoms with E-state index >= 15 is 0 Å². The molecule has 0 aliphatic rings. The first-order chi connectivity index (χ1) is 9.34. The molecule has 0 saturated heterocycles. The zero-order valence-corrected chi connectivity index (χ0v) is 14.5. The van der Waals surface area contributed by atoms with E-state index in [0.29, 0.717) is 11.3 Å². The molecule has 0 fully saturated rings. The molecule has 0 saturated carbocycles. The number of ether oxygens (including phenoxy) is 1. The third-order valence-electron chi connectivity index (χ3n) is 3.06. The average molecular weight is 317 g/mol. The molecule has 0 heterocycles. The normalized spacial score (nSPS) is 12.6. The van der Waals surface area contributed by atoms with E-state index in [1.165, 1.54) is 19.2 Å². The molecule has 0 bridgehead atoms. The summed E-state index contributed by atoms with van der Waals surface area (Å²) in [7, 11) is -1.99. The highest BCUT2D eigenvalue weighted by Gasteiger charge is 2.26. The number of anilines is 1. The number of sulfonamides is 1. The van der Waals surface area contributed by atoms with Crippen molar-refractivity contribution in [3.8, 4) is 5.75 Å². The van der Waals surface area contributed by atoms with Gasteiger partial charge in [0.25, 0.3) is 0 Å². The number of nitrogens with zero attached hydrogens (tertiary/aromatic N) is 1. The van der Waals surface area contributed by atoms with Crippen molar-refractivity contribution < 1.29 is 17.5 Å². The van der Waals surface area contributed by atoms with E-state index in [1.54, 1.807) is 13.8 Å². The Bertz CT molecular complexity index is 619. The standard InChI is InChI=1S/C15H24FNO3S/c1-10(2)20-14-9-13(17(6)21(7,18)19)11(8-12(14)16)15(3,4)5/h8-10H,1-7H3. The third kappa shape index (κ3) is 4.33. The van der Waals surface area contributed by atoms with Gasteiger partial charge in [0.05, 0.1) is 18.0 Å². The second kappa shape index (κ2) is 5.83. The van der Waals surface area contributed by atoms with Crippen molar-refractivity contribution in [2.75, 3.05) is 17.6 Å². The molecule has 0 aromatic heterocycles. The van der Waals surface area contributed by atoms with Gasteiger partial charge in [-0.15, -0.1) is 0 Å². The molecule has 6 heteroatoms. The Hall–Kier alpha value is -1.30. The van der Waals surface area contributed by atoms with Crippen LogP contribution in [0.2, 0.25) is 0 Å². The zero-order valence-electron chi connectivity index (χ0n) is 13.7. The van der Waals surface area contributed by atoms with Crippen LogP contribution in [0.3, 0.4) is 0 Å². The lowest BCUT2D eigenvalue weighted by atomic mass is 9.85. The molecule has 0 radical (unpaired) electrons. The van der Waals surface area contributed by atoms with Crippen molar-refractivity contribution in [1.82, 2.24) is 0 Å². The first-order valence-electron chi connectivity index (χ1n) is 6.78. The molecule has 0 aliphatic heterocycles. The van der Waals surface area contributed by atoms with Crippen LogP contribution in [0, 0.1) is 5.82 Å². The highest BCUT2D eigenvalue weighted by atomic mass is 32.2. The van der Waals surface area contributed by atoms with E-state index in [9.17, 15) is 12.8 Å². The predicted octanol–water partition coefficient (Wildman–Crippen LogP) is 3.31.